The fraction of sp³-hybridized carbons (Fsp3) is 0.227. The SMILES string of the molecule is CC(C)C(O)(/C(N)=C/NN)c1ccc2c(C(F)(F)F)c(-c3ccc(F)cc3)ccc2n1. The van der Waals surface area contributed by atoms with Crippen LogP contribution in [0.3, 0.4) is 0 Å². The van der Waals surface area contributed by atoms with E-state index in [1.165, 1.54) is 42.6 Å². The van der Waals surface area contributed by atoms with E-state index in [-0.39, 0.29) is 33.4 Å². The minimum Gasteiger partial charge on any atom is -0.398 e. The van der Waals surface area contributed by atoms with Gasteiger partial charge in [-0.2, -0.15) is 13.2 Å². The molecule has 0 radical (unpaired) electrons. The first-order chi connectivity index (χ1) is 14.5. The Morgan fingerprint density at radius 2 is 1.71 bits per heavy atom. The molecule has 1 heterocycles. The Balaban J connectivity index is 2.27. The number of nitrogens with one attached hydrogen (secondary N) is 1. The summed E-state index contributed by atoms with van der Waals surface area (Å²) < 4.78 is 55.3. The van der Waals surface area contributed by atoms with Crippen LogP contribution in [0.25, 0.3) is 22.0 Å². The smallest absolute Gasteiger partial charge is 0.398 e. The van der Waals surface area contributed by atoms with Gasteiger partial charge in [-0.05, 0) is 41.3 Å². The number of hydrazine groups is 1. The summed E-state index contributed by atoms with van der Waals surface area (Å²) in [4.78, 5) is 4.30. The molecular weight excluding hydrogens is 412 g/mol. The normalized spacial score (nSPS) is 14.7. The quantitative estimate of drug-likeness (QED) is 0.275. The molecule has 3 aromatic rings. The topological polar surface area (TPSA) is 97.2 Å². The third-order valence-electron chi connectivity index (χ3n) is 5.21. The third kappa shape index (κ3) is 4.06. The summed E-state index contributed by atoms with van der Waals surface area (Å²) in [5.74, 6) is 4.26. The van der Waals surface area contributed by atoms with Crippen LogP contribution in [0.2, 0.25) is 0 Å². The Hall–Kier alpha value is -3.17. The van der Waals surface area contributed by atoms with Gasteiger partial charge >= 0.3 is 6.18 Å². The van der Waals surface area contributed by atoms with Gasteiger partial charge in [0.15, 0.2) is 0 Å². The van der Waals surface area contributed by atoms with Gasteiger partial charge in [-0.15, -0.1) is 0 Å². The molecule has 3 rings (SSSR count). The summed E-state index contributed by atoms with van der Waals surface area (Å²) in [5, 5.41) is 11.0. The molecular formula is C22H22F4N4O. The summed E-state index contributed by atoms with van der Waals surface area (Å²) in [6.07, 6.45) is -3.49. The van der Waals surface area contributed by atoms with Crippen LogP contribution in [0, 0.1) is 11.7 Å². The molecule has 0 bridgehead atoms. The van der Waals surface area contributed by atoms with Crippen molar-refractivity contribution in [3.05, 3.63) is 77.5 Å². The molecule has 0 aliphatic heterocycles. The van der Waals surface area contributed by atoms with Gasteiger partial charge < -0.3 is 16.3 Å². The van der Waals surface area contributed by atoms with Crippen LogP contribution in [-0.2, 0) is 11.8 Å². The van der Waals surface area contributed by atoms with E-state index in [2.05, 4.69) is 10.4 Å². The molecule has 164 valence electrons. The lowest BCUT2D eigenvalue weighted by Crippen LogP contribution is -2.40. The van der Waals surface area contributed by atoms with Crippen LogP contribution >= 0.6 is 0 Å². The maximum Gasteiger partial charge on any atom is 0.417 e. The van der Waals surface area contributed by atoms with Crippen molar-refractivity contribution in [2.75, 3.05) is 0 Å². The molecule has 0 spiro atoms. The summed E-state index contributed by atoms with van der Waals surface area (Å²) in [5.41, 5.74) is 5.77. The number of rotatable bonds is 5. The average molecular weight is 434 g/mol. The number of nitrogens with zero attached hydrogens (tertiary/aromatic N) is 1. The largest absolute Gasteiger partial charge is 0.417 e. The molecule has 6 N–H and O–H groups in total. The second-order valence-electron chi connectivity index (χ2n) is 7.44. The monoisotopic (exact) mass is 434 g/mol. The first-order valence-electron chi connectivity index (χ1n) is 9.42. The van der Waals surface area contributed by atoms with Crippen molar-refractivity contribution in [2.45, 2.75) is 25.6 Å². The number of hydrogen-bond acceptors (Lipinski definition) is 5. The molecule has 1 unspecified atom stereocenters. The Morgan fingerprint density at radius 3 is 2.26 bits per heavy atom. The highest BCUT2D eigenvalue weighted by molar-refractivity contribution is 5.90. The van der Waals surface area contributed by atoms with E-state index in [0.717, 1.165) is 12.1 Å². The van der Waals surface area contributed by atoms with Crippen molar-refractivity contribution in [1.29, 1.82) is 0 Å². The molecule has 0 amide bonds. The van der Waals surface area contributed by atoms with Crippen molar-refractivity contribution in [3.63, 3.8) is 0 Å². The molecule has 5 nitrogen and oxygen atoms in total. The molecule has 0 saturated heterocycles. The third-order valence-corrected chi connectivity index (χ3v) is 5.21. The van der Waals surface area contributed by atoms with E-state index in [4.69, 9.17) is 11.6 Å². The summed E-state index contributed by atoms with van der Waals surface area (Å²) in [6.45, 7) is 3.39. The van der Waals surface area contributed by atoms with Crippen molar-refractivity contribution in [1.82, 2.24) is 10.4 Å². The lowest BCUT2D eigenvalue weighted by Gasteiger charge is -2.32. The maximum atomic E-state index is 14.0. The number of pyridine rings is 1. The van der Waals surface area contributed by atoms with Crippen LogP contribution in [0.15, 0.2) is 60.4 Å². The second kappa shape index (κ2) is 8.16. The molecule has 9 heteroatoms. The van der Waals surface area contributed by atoms with Gasteiger partial charge in [0.1, 0.15) is 11.4 Å². The molecule has 31 heavy (non-hydrogen) atoms. The van der Waals surface area contributed by atoms with Gasteiger partial charge in [0.25, 0.3) is 0 Å². The number of fused-ring (bicyclic) bond motifs is 1. The number of halogens is 4. The van der Waals surface area contributed by atoms with Crippen LogP contribution < -0.4 is 17.0 Å². The highest BCUT2D eigenvalue weighted by Gasteiger charge is 2.39. The van der Waals surface area contributed by atoms with Crippen molar-refractivity contribution in [3.8, 4) is 11.1 Å². The van der Waals surface area contributed by atoms with Gasteiger partial charge in [0, 0.05) is 11.6 Å². The van der Waals surface area contributed by atoms with E-state index < -0.39 is 29.1 Å². The zero-order valence-electron chi connectivity index (χ0n) is 16.8. The van der Waals surface area contributed by atoms with E-state index in [0.29, 0.717) is 0 Å². The standard InChI is InChI=1S/C22H22F4N4O/c1-12(2)21(31,18(27)11-29-28)19-10-8-16-17(30-19)9-7-15(20(16)22(24,25)26)13-3-5-14(23)6-4-13/h3-12,29,31H,27-28H2,1-2H3/b18-11-. The van der Waals surface area contributed by atoms with Gasteiger partial charge in [-0.1, -0.05) is 38.1 Å². The Labute approximate surface area is 176 Å². The number of alkyl halides is 3. The van der Waals surface area contributed by atoms with E-state index in [1.54, 1.807) is 13.8 Å². The first-order valence-corrected chi connectivity index (χ1v) is 9.42. The molecule has 0 saturated carbocycles. The van der Waals surface area contributed by atoms with Crippen LogP contribution in [0.5, 0.6) is 0 Å². The predicted octanol–water partition coefficient (Wildman–Crippen LogP) is 4.17. The highest BCUT2D eigenvalue weighted by Crippen LogP contribution is 2.42. The summed E-state index contributed by atoms with van der Waals surface area (Å²) in [7, 11) is 0. The lowest BCUT2D eigenvalue weighted by molar-refractivity contribution is -0.135. The van der Waals surface area contributed by atoms with Gasteiger partial charge in [-0.3, -0.25) is 5.84 Å². The molecule has 0 aliphatic carbocycles. The van der Waals surface area contributed by atoms with E-state index >= 15 is 0 Å². The zero-order valence-corrected chi connectivity index (χ0v) is 16.8. The molecule has 0 fully saturated rings. The van der Waals surface area contributed by atoms with Crippen LogP contribution in [-0.4, -0.2) is 10.1 Å². The first kappa shape index (κ1) is 22.5. The summed E-state index contributed by atoms with van der Waals surface area (Å²) in [6, 6.07) is 10.0. The number of benzene rings is 2. The number of aliphatic hydroxyl groups is 1. The van der Waals surface area contributed by atoms with Crippen LogP contribution in [0.4, 0.5) is 17.6 Å². The van der Waals surface area contributed by atoms with Gasteiger partial charge in [-0.25, -0.2) is 9.37 Å². The lowest BCUT2D eigenvalue weighted by atomic mass is 9.83. The van der Waals surface area contributed by atoms with E-state index in [9.17, 15) is 22.7 Å². The molecule has 2 aromatic carbocycles. The second-order valence-corrected chi connectivity index (χ2v) is 7.44. The number of aromatic nitrogens is 1. The maximum absolute atomic E-state index is 14.0. The van der Waals surface area contributed by atoms with Crippen LogP contribution in [0.1, 0.15) is 25.1 Å². The van der Waals surface area contributed by atoms with Gasteiger partial charge in [0.2, 0.25) is 0 Å². The van der Waals surface area contributed by atoms with Gasteiger partial charge in [0.05, 0.1) is 22.5 Å². The number of nitrogens with two attached hydrogens (primary N) is 2. The molecule has 1 aromatic heterocycles. The minimum atomic E-state index is -4.69. The van der Waals surface area contributed by atoms with Crippen molar-refractivity contribution >= 4 is 10.9 Å². The Bertz CT molecular complexity index is 1130. The Kier molecular flexibility index (Phi) is 5.93. The predicted molar refractivity (Wildman–Crippen MR) is 110 cm³/mol. The summed E-state index contributed by atoms with van der Waals surface area (Å²) >= 11 is 0. The zero-order chi connectivity index (χ0) is 23.0. The fourth-order valence-corrected chi connectivity index (χ4v) is 3.57. The van der Waals surface area contributed by atoms with Crippen molar-refractivity contribution < 1.29 is 22.7 Å². The molecule has 0 aliphatic rings. The fourth-order valence-electron chi connectivity index (χ4n) is 3.57. The minimum absolute atomic E-state index is 0.0308. The molecule has 1 atom stereocenters. The average Bonchev–Trinajstić information content (AvgIpc) is 2.71. The highest BCUT2D eigenvalue weighted by atomic mass is 19.4. The van der Waals surface area contributed by atoms with E-state index in [1.807, 2.05) is 0 Å². The van der Waals surface area contributed by atoms with Crippen molar-refractivity contribution in [2.24, 2.45) is 17.5 Å². The number of hydrogen-bond donors (Lipinski definition) is 4. The Morgan fingerprint density at radius 1 is 1.06 bits per heavy atom.